The number of amides is 7. The number of carbonyl (C=O) groups is 8. The minimum atomic E-state index is -1.72. The molecule has 18 nitrogen and oxygen atoms in total. The Morgan fingerprint density at radius 2 is 1.14 bits per heavy atom. The van der Waals surface area contributed by atoms with Gasteiger partial charge in [0.05, 0.1) is 19.0 Å². The highest BCUT2D eigenvalue weighted by atomic mass is 32.2. The molecule has 7 amide bonds. The predicted molar refractivity (Wildman–Crippen MR) is 217 cm³/mol. The number of phenolic OH excluding ortho intramolecular Hbond substituents is 1. The Labute approximate surface area is 341 Å². The molecule has 318 valence electrons. The summed E-state index contributed by atoms with van der Waals surface area (Å²) in [6.45, 7) is 6.03. The first kappa shape index (κ1) is 48.5. The van der Waals surface area contributed by atoms with E-state index < -0.39 is 108 Å². The molecule has 0 fully saturated rings. The van der Waals surface area contributed by atoms with Gasteiger partial charge in [-0.2, -0.15) is 11.8 Å². The second kappa shape index (κ2) is 24.2. The SMILES string of the molecule is CSCC[C@H](NC(=O)[C@@H](N)Cc1ccc(O)cc1)C(=O)N[C@@H](Cc1ccccc1)C(=O)N[C@@H](CC(=O)O)C(=O)N[C@H](C(=O)N[C@H](C(=O)NCC(N)=O)C(C)C)C(C)C. The van der Waals surface area contributed by atoms with Crippen LogP contribution in [-0.4, -0.2) is 112 Å². The van der Waals surface area contributed by atoms with Crippen molar-refractivity contribution < 1.29 is 48.6 Å². The third-order valence-corrected chi connectivity index (χ3v) is 9.47. The molecule has 6 atom stereocenters. The van der Waals surface area contributed by atoms with Crippen LogP contribution in [0.1, 0.15) is 51.7 Å². The van der Waals surface area contributed by atoms with E-state index in [0.717, 1.165) is 0 Å². The van der Waals surface area contributed by atoms with E-state index in [2.05, 4.69) is 31.9 Å². The van der Waals surface area contributed by atoms with Gasteiger partial charge in [0.2, 0.25) is 41.4 Å². The van der Waals surface area contributed by atoms with Crippen LogP contribution in [0, 0.1) is 11.8 Å². The summed E-state index contributed by atoms with van der Waals surface area (Å²) >= 11 is 1.42. The van der Waals surface area contributed by atoms with E-state index in [9.17, 15) is 48.6 Å². The number of aliphatic carboxylic acids is 1. The van der Waals surface area contributed by atoms with Crippen LogP contribution in [0.25, 0.3) is 0 Å². The summed E-state index contributed by atoms with van der Waals surface area (Å²) in [4.78, 5) is 104. The molecule has 0 heterocycles. The number of benzene rings is 2. The van der Waals surface area contributed by atoms with Gasteiger partial charge in [0.15, 0.2) is 0 Å². The largest absolute Gasteiger partial charge is 0.508 e. The monoisotopic (exact) mass is 828 g/mol. The fourth-order valence-corrected chi connectivity index (χ4v) is 6.07. The summed E-state index contributed by atoms with van der Waals surface area (Å²) in [7, 11) is 0. The van der Waals surface area contributed by atoms with Gasteiger partial charge in [-0.3, -0.25) is 38.4 Å². The number of thioether (sulfide) groups is 1. The number of carboxylic acid groups (broad SMARTS) is 1. The second-order valence-electron chi connectivity index (χ2n) is 14.4. The minimum Gasteiger partial charge on any atom is -0.508 e. The predicted octanol–water partition coefficient (Wildman–Crippen LogP) is -0.930. The van der Waals surface area contributed by atoms with Crippen molar-refractivity contribution in [1.29, 1.82) is 0 Å². The zero-order valence-corrected chi connectivity index (χ0v) is 34.1. The first-order valence-electron chi connectivity index (χ1n) is 18.7. The van der Waals surface area contributed by atoms with Crippen molar-refractivity contribution in [3.05, 3.63) is 65.7 Å². The van der Waals surface area contributed by atoms with E-state index in [1.807, 2.05) is 6.26 Å². The summed E-state index contributed by atoms with van der Waals surface area (Å²) in [6.07, 6.45) is 1.10. The van der Waals surface area contributed by atoms with Crippen LogP contribution in [0.15, 0.2) is 54.6 Å². The number of rotatable bonds is 24. The quantitative estimate of drug-likeness (QED) is 0.0614. The number of hydrogen-bond donors (Lipinski definition) is 10. The molecule has 0 saturated heterocycles. The molecule has 2 aromatic carbocycles. The van der Waals surface area contributed by atoms with Crippen molar-refractivity contribution in [2.45, 2.75) is 89.6 Å². The van der Waals surface area contributed by atoms with Crippen LogP contribution in [0.2, 0.25) is 0 Å². The molecule has 0 unspecified atom stereocenters. The van der Waals surface area contributed by atoms with Gasteiger partial charge in [-0.05, 0) is 59.9 Å². The van der Waals surface area contributed by atoms with E-state index in [-0.39, 0.29) is 25.0 Å². The van der Waals surface area contributed by atoms with Crippen LogP contribution < -0.4 is 43.4 Å². The highest BCUT2D eigenvalue weighted by Crippen LogP contribution is 2.13. The van der Waals surface area contributed by atoms with Gasteiger partial charge in [0.1, 0.15) is 36.0 Å². The minimum absolute atomic E-state index is 0.0460. The number of hydrogen-bond acceptors (Lipinski definition) is 11. The summed E-state index contributed by atoms with van der Waals surface area (Å²) in [6, 6.07) is 7.02. The third kappa shape index (κ3) is 16.8. The zero-order valence-electron chi connectivity index (χ0n) is 33.3. The summed E-state index contributed by atoms with van der Waals surface area (Å²) in [5, 5.41) is 34.4. The lowest BCUT2D eigenvalue weighted by molar-refractivity contribution is -0.141. The Hall–Kier alpha value is -5.69. The van der Waals surface area contributed by atoms with E-state index >= 15 is 0 Å². The number of nitrogens with one attached hydrogen (secondary N) is 6. The number of primary amides is 1. The van der Waals surface area contributed by atoms with Gasteiger partial charge in [-0.1, -0.05) is 70.2 Å². The maximum Gasteiger partial charge on any atom is 0.305 e. The van der Waals surface area contributed by atoms with E-state index in [0.29, 0.717) is 16.9 Å². The molecule has 0 bridgehead atoms. The molecule has 0 saturated carbocycles. The Balaban J connectivity index is 2.32. The highest BCUT2D eigenvalue weighted by molar-refractivity contribution is 7.98. The van der Waals surface area contributed by atoms with Gasteiger partial charge in [0, 0.05) is 6.42 Å². The Kier molecular flexibility index (Phi) is 20.2. The summed E-state index contributed by atoms with van der Waals surface area (Å²) < 4.78 is 0. The van der Waals surface area contributed by atoms with Crippen molar-refractivity contribution in [2.24, 2.45) is 23.3 Å². The van der Waals surface area contributed by atoms with Crippen LogP contribution in [0.3, 0.4) is 0 Å². The van der Waals surface area contributed by atoms with Gasteiger partial charge >= 0.3 is 5.97 Å². The molecule has 0 aliphatic carbocycles. The number of carbonyl (C=O) groups excluding carboxylic acids is 7. The molecular weight excluding hydrogens is 773 g/mol. The highest BCUT2D eigenvalue weighted by Gasteiger charge is 2.35. The normalized spacial score (nSPS) is 14.1. The van der Waals surface area contributed by atoms with Gasteiger partial charge in [0.25, 0.3) is 0 Å². The summed E-state index contributed by atoms with van der Waals surface area (Å²) in [5.74, 6) is -7.58. The first-order valence-corrected chi connectivity index (χ1v) is 20.1. The van der Waals surface area contributed by atoms with Crippen LogP contribution >= 0.6 is 11.8 Å². The molecule has 0 radical (unpaired) electrons. The van der Waals surface area contributed by atoms with Crippen LogP contribution in [0.4, 0.5) is 0 Å². The van der Waals surface area contributed by atoms with Crippen LogP contribution in [-0.2, 0) is 51.2 Å². The molecule has 19 heteroatoms. The number of carboxylic acids is 1. The lowest BCUT2D eigenvalue weighted by Gasteiger charge is -2.29. The van der Waals surface area contributed by atoms with E-state index in [4.69, 9.17) is 11.5 Å². The van der Waals surface area contributed by atoms with Crippen LogP contribution in [0.5, 0.6) is 5.75 Å². The standard InChI is InChI=1S/C39H56N8O10S/c1-21(2)32(38(56)42-20-30(41)49)47-39(57)33(22(3)4)46-37(55)29(19-31(50)51)45-36(54)28(18-23-9-7-6-8-10-23)44-35(53)27(15-16-58-5)43-34(52)26(40)17-24-11-13-25(48)14-12-24/h6-14,21-22,26-29,32-33,48H,15-20,40H2,1-5H3,(H2,41,49)(H,42,56)(H,43,52)(H,44,53)(H,45,54)(H,46,55)(H,47,57)(H,50,51)/t26-,27-,28-,29-,32-,33-/m0/s1. The number of aromatic hydroxyl groups is 1. The molecule has 0 aliphatic rings. The first-order chi connectivity index (χ1) is 27.3. The van der Waals surface area contributed by atoms with E-state index in [1.54, 1.807) is 70.2 Å². The lowest BCUT2D eigenvalue weighted by Crippen LogP contribution is -2.61. The number of nitrogens with two attached hydrogens (primary N) is 2. The van der Waals surface area contributed by atoms with Gasteiger partial charge in [-0.15, -0.1) is 0 Å². The molecule has 12 N–H and O–H groups in total. The fraction of sp³-hybridized carbons (Fsp3) is 0.487. The molecule has 2 aromatic rings. The molecule has 58 heavy (non-hydrogen) atoms. The van der Waals surface area contributed by atoms with Gasteiger partial charge < -0.3 is 53.6 Å². The van der Waals surface area contributed by atoms with Gasteiger partial charge in [-0.25, -0.2) is 0 Å². The lowest BCUT2D eigenvalue weighted by atomic mass is 9.99. The summed E-state index contributed by atoms with van der Waals surface area (Å²) in [5.41, 5.74) is 12.6. The maximum absolute atomic E-state index is 13.9. The smallest absolute Gasteiger partial charge is 0.305 e. The Bertz CT molecular complexity index is 1730. The van der Waals surface area contributed by atoms with Crippen molar-refractivity contribution >= 4 is 59.1 Å². The molecule has 0 aliphatic heterocycles. The van der Waals surface area contributed by atoms with Crippen molar-refractivity contribution in [2.75, 3.05) is 18.6 Å². The van der Waals surface area contributed by atoms with E-state index in [1.165, 1.54) is 23.9 Å². The van der Waals surface area contributed by atoms with Crippen molar-refractivity contribution in [3.8, 4) is 5.75 Å². The topological polar surface area (TPSA) is 301 Å². The average molecular weight is 829 g/mol. The second-order valence-corrected chi connectivity index (χ2v) is 15.4. The molecule has 0 spiro atoms. The van der Waals surface area contributed by atoms with Crippen molar-refractivity contribution in [1.82, 2.24) is 31.9 Å². The maximum atomic E-state index is 13.9. The molecule has 0 aromatic heterocycles. The average Bonchev–Trinajstić information content (AvgIpc) is 3.16. The number of phenols is 1. The molecule has 2 rings (SSSR count). The van der Waals surface area contributed by atoms with Crippen molar-refractivity contribution in [3.63, 3.8) is 0 Å². The fourth-order valence-electron chi connectivity index (χ4n) is 5.60. The Morgan fingerprint density at radius 3 is 1.69 bits per heavy atom. The molecular formula is C39H56N8O10S. The Morgan fingerprint density at radius 1 is 0.638 bits per heavy atom. The third-order valence-electron chi connectivity index (χ3n) is 8.83. The zero-order chi connectivity index (χ0) is 43.5.